The maximum atomic E-state index is 12.2. The van der Waals surface area contributed by atoms with Crippen molar-refractivity contribution in [3.8, 4) is 11.5 Å². The van der Waals surface area contributed by atoms with Crippen molar-refractivity contribution in [2.75, 3.05) is 18.5 Å². The first-order valence-corrected chi connectivity index (χ1v) is 9.03. The fourth-order valence-electron chi connectivity index (χ4n) is 2.85. The molecule has 0 saturated carbocycles. The number of halogens is 2. The third-order valence-electron chi connectivity index (χ3n) is 4.16. The number of aliphatic hydroxyl groups excluding tert-OH is 1. The van der Waals surface area contributed by atoms with E-state index >= 15 is 0 Å². The highest BCUT2D eigenvalue weighted by atomic mass is 35.5. The number of amides is 2. The van der Waals surface area contributed by atoms with Crippen molar-refractivity contribution in [3.05, 3.63) is 58.2 Å². The first-order valence-electron chi connectivity index (χ1n) is 8.27. The largest absolute Gasteiger partial charge is 0.436 e. The van der Waals surface area contributed by atoms with E-state index in [1.54, 1.807) is 36.4 Å². The Hall–Kier alpha value is -2.87. The lowest BCUT2D eigenvalue weighted by atomic mass is 10.2. The van der Waals surface area contributed by atoms with Gasteiger partial charge in [-0.25, -0.2) is 4.98 Å². The van der Waals surface area contributed by atoms with Crippen molar-refractivity contribution in [2.45, 2.75) is 0 Å². The maximum Gasteiger partial charge on any atom is 0.277 e. The van der Waals surface area contributed by atoms with Gasteiger partial charge in [-0.05, 0) is 36.4 Å². The number of imide groups is 1. The van der Waals surface area contributed by atoms with E-state index in [-0.39, 0.29) is 18.8 Å². The Morgan fingerprint density at radius 1 is 1.14 bits per heavy atom. The summed E-state index contributed by atoms with van der Waals surface area (Å²) in [6.45, 7) is -0.341. The predicted molar refractivity (Wildman–Crippen MR) is 105 cm³/mol. The molecule has 1 aliphatic heterocycles. The van der Waals surface area contributed by atoms with E-state index in [2.05, 4.69) is 10.3 Å². The molecule has 9 heteroatoms. The zero-order chi connectivity index (χ0) is 19.8. The van der Waals surface area contributed by atoms with Gasteiger partial charge in [-0.1, -0.05) is 23.2 Å². The molecule has 142 valence electrons. The Labute approximate surface area is 169 Å². The van der Waals surface area contributed by atoms with Crippen LogP contribution < -0.4 is 5.32 Å². The molecule has 2 aromatic carbocycles. The fourth-order valence-corrected chi connectivity index (χ4v) is 3.34. The Bertz CT molecular complexity index is 1140. The van der Waals surface area contributed by atoms with Crippen LogP contribution >= 0.6 is 23.2 Å². The molecule has 0 unspecified atom stereocenters. The maximum absolute atomic E-state index is 12.2. The summed E-state index contributed by atoms with van der Waals surface area (Å²) in [5, 5.41) is 12.8. The molecule has 2 amide bonds. The molecule has 0 fully saturated rings. The van der Waals surface area contributed by atoms with Crippen LogP contribution in [0, 0.1) is 0 Å². The van der Waals surface area contributed by atoms with E-state index in [0.29, 0.717) is 38.3 Å². The number of anilines is 1. The molecule has 3 aromatic rings. The van der Waals surface area contributed by atoms with Gasteiger partial charge in [-0.2, -0.15) is 0 Å². The van der Waals surface area contributed by atoms with Gasteiger partial charge in [0.15, 0.2) is 5.58 Å². The van der Waals surface area contributed by atoms with Crippen molar-refractivity contribution in [1.82, 2.24) is 9.88 Å². The number of hydrogen-bond donors (Lipinski definition) is 2. The number of nitrogens with one attached hydrogen (secondary N) is 1. The summed E-state index contributed by atoms with van der Waals surface area (Å²) < 4.78 is 5.75. The normalized spacial score (nSPS) is 14.1. The summed E-state index contributed by atoms with van der Waals surface area (Å²) in [5.74, 6) is -0.620. The highest BCUT2D eigenvalue weighted by Gasteiger charge is 2.30. The summed E-state index contributed by atoms with van der Waals surface area (Å²) in [5.41, 5.74) is 2.39. The van der Waals surface area contributed by atoms with Gasteiger partial charge in [0.1, 0.15) is 11.2 Å². The van der Waals surface area contributed by atoms with Crippen LogP contribution in [0.4, 0.5) is 5.69 Å². The Morgan fingerprint density at radius 2 is 1.96 bits per heavy atom. The van der Waals surface area contributed by atoms with Gasteiger partial charge in [0.25, 0.3) is 11.8 Å². The molecule has 1 aromatic heterocycles. The van der Waals surface area contributed by atoms with Crippen molar-refractivity contribution < 1.29 is 19.1 Å². The highest BCUT2D eigenvalue weighted by molar-refractivity contribution is 6.36. The lowest BCUT2D eigenvalue weighted by Crippen LogP contribution is -2.34. The topological polar surface area (TPSA) is 95.7 Å². The van der Waals surface area contributed by atoms with E-state index < -0.39 is 11.8 Å². The average molecular weight is 418 g/mol. The SMILES string of the molecule is O=C1C=C(Nc2ccc3oc(-c4ccc(Cl)cc4Cl)nc3c2)C(=O)N1CCO. The summed E-state index contributed by atoms with van der Waals surface area (Å²) in [6.07, 6.45) is 1.20. The average Bonchev–Trinajstić information content (AvgIpc) is 3.18. The van der Waals surface area contributed by atoms with Gasteiger partial charge in [-0.15, -0.1) is 0 Å². The molecule has 0 spiro atoms. The number of aromatic nitrogens is 1. The minimum Gasteiger partial charge on any atom is -0.436 e. The second-order valence-corrected chi connectivity index (χ2v) is 6.87. The number of carbonyl (C=O) groups is 2. The number of benzene rings is 2. The number of rotatable bonds is 5. The highest BCUT2D eigenvalue weighted by Crippen LogP contribution is 2.32. The number of oxazole rings is 1. The van der Waals surface area contributed by atoms with E-state index in [1.165, 1.54) is 6.08 Å². The second-order valence-electron chi connectivity index (χ2n) is 6.03. The summed E-state index contributed by atoms with van der Waals surface area (Å²) in [7, 11) is 0. The van der Waals surface area contributed by atoms with Crippen molar-refractivity contribution in [2.24, 2.45) is 0 Å². The molecule has 28 heavy (non-hydrogen) atoms. The van der Waals surface area contributed by atoms with Crippen LogP contribution in [0.15, 0.2) is 52.6 Å². The molecule has 0 bridgehead atoms. The summed E-state index contributed by atoms with van der Waals surface area (Å²) in [6, 6.07) is 10.1. The smallest absolute Gasteiger partial charge is 0.277 e. The Morgan fingerprint density at radius 3 is 2.71 bits per heavy atom. The van der Waals surface area contributed by atoms with Gasteiger partial charge >= 0.3 is 0 Å². The van der Waals surface area contributed by atoms with Crippen molar-refractivity contribution >= 4 is 51.8 Å². The lowest BCUT2D eigenvalue weighted by molar-refractivity contribution is -0.137. The number of β-amino-alcohol motifs (C(OH)–C–C–N with tert-alkyl or cyclic N) is 1. The standard InChI is InChI=1S/C19H13Cl2N3O4/c20-10-1-3-12(13(21)7-10)18-23-14-8-11(2-4-16(14)28-18)22-15-9-17(26)24(5-6-25)19(15)27/h1-4,7-9,22,25H,5-6H2. The molecule has 0 aliphatic carbocycles. The molecular weight excluding hydrogens is 405 g/mol. The van der Waals surface area contributed by atoms with E-state index in [1.807, 2.05) is 0 Å². The van der Waals surface area contributed by atoms with Crippen LogP contribution in [0.5, 0.6) is 0 Å². The Balaban J connectivity index is 1.61. The molecule has 7 nitrogen and oxygen atoms in total. The number of nitrogens with zero attached hydrogens (tertiary/aromatic N) is 2. The monoisotopic (exact) mass is 417 g/mol. The van der Waals surface area contributed by atoms with E-state index in [9.17, 15) is 9.59 Å². The third kappa shape index (κ3) is 3.35. The lowest BCUT2D eigenvalue weighted by Gasteiger charge is -2.13. The third-order valence-corrected chi connectivity index (χ3v) is 4.71. The van der Waals surface area contributed by atoms with Crippen LogP contribution in [-0.2, 0) is 9.59 Å². The summed E-state index contributed by atoms with van der Waals surface area (Å²) >= 11 is 12.1. The number of aliphatic hydroxyl groups is 1. The fraction of sp³-hybridized carbons (Fsp3) is 0.105. The van der Waals surface area contributed by atoms with Crippen LogP contribution in [0.2, 0.25) is 10.0 Å². The van der Waals surface area contributed by atoms with Gasteiger partial charge < -0.3 is 14.8 Å². The molecule has 2 N–H and O–H groups in total. The van der Waals surface area contributed by atoms with Gasteiger partial charge in [0.2, 0.25) is 5.89 Å². The van der Waals surface area contributed by atoms with Crippen LogP contribution in [0.1, 0.15) is 0 Å². The molecule has 0 saturated heterocycles. The molecule has 0 atom stereocenters. The van der Waals surface area contributed by atoms with Crippen LogP contribution in [-0.4, -0.2) is 40.0 Å². The van der Waals surface area contributed by atoms with Crippen LogP contribution in [0.25, 0.3) is 22.6 Å². The van der Waals surface area contributed by atoms with Crippen molar-refractivity contribution in [3.63, 3.8) is 0 Å². The van der Waals surface area contributed by atoms with E-state index in [4.69, 9.17) is 32.7 Å². The number of hydrogen-bond acceptors (Lipinski definition) is 6. The Kier molecular flexibility index (Phi) is 4.80. The summed E-state index contributed by atoms with van der Waals surface area (Å²) in [4.78, 5) is 29.5. The molecular formula is C19H13Cl2N3O4. The van der Waals surface area contributed by atoms with Gasteiger partial charge in [0, 0.05) is 16.8 Å². The first kappa shape index (κ1) is 18.5. The first-order chi connectivity index (χ1) is 13.5. The zero-order valence-electron chi connectivity index (χ0n) is 14.3. The predicted octanol–water partition coefficient (Wildman–Crippen LogP) is 3.46. The molecule has 1 aliphatic rings. The quantitative estimate of drug-likeness (QED) is 0.617. The minimum absolute atomic E-state index is 0.0487. The second kappa shape index (κ2) is 7.27. The molecule has 4 rings (SSSR count). The zero-order valence-corrected chi connectivity index (χ0v) is 15.8. The molecule has 2 heterocycles. The van der Waals surface area contributed by atoms with Gasteiger partial charge in [0.05, 0.1) is 23.7 Å². The number of carbonyl (C=O) groups excluding carboxylic acids is 2. The van der Waals surface area contributed by atoms with Crippen LogP contribution in [0.3, 0.4) is 0 Å². The molecule has 0 radical (unpaired) electrons. The number of fused-ring (bicyclic) bond motifs is 1. The van der Waals surface area contributed by atoms with E-state index in [0.717, 1.165) is 4.90 Å². The van der Waals surface area contributed by atoms with Crippen molar-refractivity contribution in [1.29, 1.82) is 0 Å². The van der Waals surface area contributed by atoms with Gasteiger partial charge in [-0.3, -0.25) is 14.5 Å². The minimum atomic E-state index is -0.493.